The van der Waals surface area contributed by atoms with Crippen LogP contribution in [0.5, 0.6) is 0 Å². The van der Waals surface area contributed by atoms with Crippen LogP contribution in [0.15, 0.2) is 12.2 Å². The molecule has 0 unspecified atom stereocenters. The highest BCUT2D eigenvalue weighted by atomic mass is 28.4. The Morgan fingerprint density at radius 3 is 2.65 bits per heavy atom. The summed E-state index contributed by atoms with van der Waals surface area (Å²) in [7, 11) is -1.64. The van der Waals surface area contributed by atoms with E-state index < -0.39 is 8.32 Å². The van der Waals surface area contributed by atoms with Gasteiger partial charge in [0.2, 0.25) is 8.32 Å². The van der Waals surface area contributed by atoms with E-state index in [1.54, 1.807) is 0 Å². The monoisotopic (exact) mass is 255 g/mol. The fraction of sp³-hybridized carbons (Fsp3) is 0.846. The van der Waals surface area contributed by atoms with Crippen molar-refractivity contribution in [2.24, 2.45) is 11.8 Å². The molecule has 0 aromatic carbocycles. The fourth-order valence-corrected chi connectivity index (χ4v) is 3.85. The Kier molecular flexibility index (Phi) is 3.27. The molecule has 0 radical (unpaired) electrons. The van der Waals surface area contributed by atoms with Crippen LogP contribution in [0, 0.1) is 11.8 Å². The van der Waals surface area contributed by atoms with E-state index in [1.807, 2.05) is 5.23 Å². The van der Waals surface area contributed by atoms with E-state index in [9.17, 15) is 0 Å². The first-order valence-corrected chi connectivity index (χ1v) is 9.96. The lowest BCUT2D eigenvalue weighted by Crippen LogP contribution is -2.50. The van der Waals surface area contributed by atoms with Gasteiger partial charge in [0.15, 0.2) is 0 Å². The van der Waals surface area contributed by atoms with Gasteiger partial charge in [0.25, 0.3) is 0 Å². The minimum Gasteiger partial charge on any atom is -0.320 e. The molecule has 4 heteroatoms. The fourth-order valence-electron chi connectivity index (χ4n) is 3.14. The quantitative estimate of drug-likeness (QED) is 0.570. The van der Waals surface area contributed by atoms with Crippen molar-refractivity contribution >= 4 is 8.32 Å². The molecule has 2 fully saturated rings. The second-order valence-electron chi connectivity index (χ2n) is 6.58. The third-order valence-electron chi connectivity index (χ3n) is 4.07. The van der Waals surface area contributed by atoms with Gasteiger partial charge >= 0.3 is 0 Å². The highest BCUT2D eigenvalue weighted by Crippen LogP contribution is 2.52. The van der Waals surface area contributed by atoms with Crippen LogP contribution in [0.3, 0.4) is 0 Å². The minimum absolute atomic E-state index is 0.0697. The Bertz CT molecular complexity index is 326. The first kappa shape index (κ1) is 13.3. The van der Waals surface area contributed by atoms with Crippen LogP contribution in [0.4, 0.5) is 0 Å². The molecule has 1 aliphatic carbocycles. The van der Waals surface area contributed by atoms with E-state index in [2.05, 4.69) is 40.1 Å². The topological polar surface area (TPSA) is 21.7 Å². The van der Waals surface area contributed by atoms with Gasteiger partial charge in [-0.15, -0.1) is 0 Å². The van der Waals surface area contributed by atoms with E-state index in [0.29, 0.717) is 11.8 Å². The summed E-state index contributed by atoms with van der Waals surface area (Å²) in [4.78, 5) is 5.82. The van der Waals surface area contributed by atoms with E-state index in [0.717, 1.165) is 13.0 Å². The maximum Gasteiger partial charge on any atom is 0.215 e. The van der Waals surface area contributed by atoms with Crippen LogP contribution in [-0.2, 0) is 9.36 Å². The second-order valence-corrected chi connectivity index (χ2v) is 11.0. The Hall–Kier alpha value is -0.163. The van der Waals surface area contributed by atoms with Gasteiger partial charge in [0.05, 0.1) is 12.1 Å². The molecular weight excluding hydrogens is 230 g/mol. The molecule has 17 heavy (non-hydrogen) atoms. The summed E-state index contributed by atoms with van der Waals surface area (Å²) in [6.07, 6.45) is 2.35. The Balaban J connectivity index is 2.27. The van der Waals surface area contributed by atoms with E-state index in [1.165, 1.54) is 12.0 Å². The van der Waals surface area contributed by atoms with Crippen LogP contribution in [0.25, 0.3) is 0 Å². The summed E-state index contributed by atoms with van der Waals surface area (Å²) in [5.74, 6) is 1.23. The van der Waals surface area contributed by atoms with Crippen molar-refractivity contribution in [3.05, 3.63) is 12.2 Å². The van der Waals surface area contributed by atoms with Crippen molar-refractivity contribution in [1.29, 1.82) is 0 Å². The first-order chi connectivity index (χ1) is 7.77. The molecule has 3 atom stereocenters. The van der Waals surface area contributed by atoms with Crippen LogP contribution in [-0.4, -0.2) is 25.7 Å². The molecule has 1 heterocycles. The number of hydrogen-bond donors (Lipinski definition) is 0. The lowest BCUT2D eigenvalue weighted by Gasteiger charge is -2.39. The number of hydrogen-bond acceptors (Lipinski definition) is 3. The highest BCUT2D eigenvalue weighted by Gasteiger charge is 2.58. The van der Waals surface area contributed by atoms with E-state index in [-0.39, 0.29) is 5.54 Å². The summed E-state index contributed by atoms with van der Waals surface area (Å²) < 4.78 is 6.11. The molecule has 1 aliphatic heterocycles. The largest absolute Gasteiger partial charge is 0.320 e. The zero-order valence-electron chi connectivity index (χ0n) is 11.7. The smallest absolute Gasteiger partial charge is 0.215 e. The van der Waals surface area contributed by atoms with Crippen LogP contribution < -0.4 is 0 Å². The van der Waals surface area contributed by atoms with Crippen LogP contribution in [0.1, 0.15) is 26.7 Å². The van der Waals surface area contributed by atoms with Crippen molar-refractivity contribution in [1.82, 2.24) is 5.23 Å². The lowest BCUT2D eigenvalue weighted by molar-refractivity contribution is -0.329. The van der Waals surface area contributed by atoms with E-state index in [4.69, 9.17) is 9.36 Å². The van der Waals surface area contributed by atoms with Gasteiger partial charge in [-0.05, 0) is 45.3 Å². The number of rotatable bonds is 3. The average Bonchev–Trinajstić information content (AvgIpc) is 2.66. The van der Waals surface area contributed by atoms with Crippen molar-refractivity contribution < 1.29 is 9.36 Å². The molecule has 98 valence electrons. The molecule has 0 aromatic rings. The van der Waals surface area contributed by atoms with Gasteiger partial charge in [-0.2, -0.15) is 0 Å². The molecule has 3 nitrogen and oxygen atoms in total. The van der Waals surface area contributed by atoms with Gasteiger partial charge in [-0.1, -0.05) is 24.3 Å². The van der Waals surface area contributed by atoms with Crippen molar-refractivity contribution in [3.63, 3.8) is 0 Å². The maximum atomic E-state index is 6.11. The van der Waals surface area contributed by atoms with Crippen LogP contribution in [0.2, 0.25) is 19.6 Å². The summed E-state index contributed by atoms with van der Waals surface area (Å²) in [5.41, 5.74) is 1.11. The Morgan fingerprint density at radius 1 is 1.47 bits per heavy atom. The second kappa shape index (κ2) is 4.19. The summed E-state index contributed by atoms with van der Waals surface area (Å²) in [6.45, 7) is 16.0. The molecule has 0 spiro atoms. The summed E-state index contributed by atoms with van der Waals surface area (Å²) in [6, 6.07) is 0. The molecule has 1 saturated carbocycles. The van der Waals surface area contributed by atoms with Crippen molar-refractivity contribution in [2.45, 2.75) is 51.9 Å². The molecule has 0 aromatic heterocycles. The molecule has 0 bridgehead atoms. The van der Waals surface area contributed by atoms with Crippen LogP contribution >= 0.6 is 0 Å². The predicted molar refractivity (Wildman–Crippen MR) is 71.7 cm³/mol. The SMILES string of the molecule is C=C(C)[C@]12CC[C@H](C)[C@H]1CON2O[Si](C)(C)C. The summed E-state index contributed by atoms with van der Waals surface area (Å²) >= 11 is 0. The first-order valence-electron chi connectivity index (χ1n) is 6.55. The normalized spacial score (nSPS) is 38.4. The van der Waals surface area contributed by atoms with Gasteiger partial charge in [-0.25, -0.2) is 0 Å². The van der Waals surface area contributed by atoms with Gasteiger partial charge in [-0.3, -0.25) is 4.84 Å². The summed E-state index contributed by atoms with van der Waals surface area (Å²) in [5, 5.41) is 1.82. The minimum atomic E-state index is -1.64. The van der Waals surface area contributed by atoms with E-state index >= 15 is 0 Å². The maximum absolute atomic E-state index is 6.11. The van der Waals surface area contributed by atoms with Gasteiger partial charge < -0.3 is 4.53 Å². The zero-order valence-corrected chi connectivity index (χ0v) is 12.7. The predicted octanol–water partition coefficient (Wildman–Crippen LogP) is 3.36. The lowest BCUT2D eigenvalue weighted by atomic mass is 9.81. The Labute approximate surface area is 106 Å². The number of nitrogens with zero attached hydrogens (tertiary/aromatic N) is 1. The van der Waals surface area contributed by atoms with Crippen molar-refractivity contribution in [3.8, 4) is 0 Å². The van der Waals surface area contributed by atoms with Gasteiger partial charge in [0.1, 0.15) is 0 Å². The number of fused-ring (bicyclic) bond motifs is 1. The standard InChI is InChI=1S/C13H25NO2Si/c1-10(2)13-8-7-11(3)12(13)9-15-14(13)16-17(4,5)6/h11-12H,1,7-9H2,2-6H3/t11-,12+,13+/m0/s1. The third-order valence-corrected chi connectivity index (χ3v) is 4.79. The average molecular weight is 255 g/mol. The third kappa shape index (κ3) is 2.12. The molecule has 0 amide bonds. The molecule has 2 aliphatic rings. The molecule has 2 rings (SSSR count). The number of hydroxylamine groups is 2. The molecular formula is C13H25NO2Si. The highest BCUT2D eigenvalue weighted by molar-refractivity contribution is 6.69. The zero-order chi connectivity index (χ0) is 12.8. The Morgan fingerprint density at radius 2 is 2.12 bits per heavy atom. The molecule has 0 N–H and O–H groups in total. The van der Waals surface area contributed by atoms with Gasteiger partial charge in [0, 0.05) is 5.92 Å². The van der Waals surface area contributed by atoms with Crippen molar-refractivity contribution in [2.75, 3.05) is 6.61 Å². The molecule has 1 saturated heterocycles.